The number of aryl methyl sites for hydroxylation is 2. The minimum absolute atomic E-state index is 0.0202. The number of hydrogen-bond acceptors (Lipinski definition) is 5. The van der Waals surface area contributed by atoms with E-state index in [1.165, 1.54) is 12.1 Å². The van der Waals surface area contributed by atoms with E-state index in [0.29, 0.717) is 44.2 Å². The molecule has 6 nitrogen and oxygen atoms in total. The van der Waals surface area contributed by atoms with E-state index in [1.807, 2.05) is 36.9 Å². The SMILES string of the molecule is Cc1ccc(C(=O)N2CCN(Cc3nc(-c4cccc(C(F)(F)F)c4)no3)CC2)c(C)c1. The molecule has 1 aliphatic heterocycles. The van der Waals surface area contributed by atoms with E-state index in [-0.39, 0.29) is 17.3 Å². The van der Waals surface area contributed by atoms with Gasteiger partial charge in [-0.1, -0.05) is 35.0 Å². The van der Waals surface area contributed by atoms with Crippen LogP contribution in [0.5, 0.6) is 0 Å². The Kier molecular flexibility index (Phi) is 6.01. The molecule has 1 aliphatic rings. The van der Waals surface area contributed by atoms with Crippen LogP contribution in [0, 0.1) is 13.8 Å². The second-order valence-corrected chi connectivity index (χ2v) is 7.98. The topological polar surface area (TPSA) is 62.5 Å². The molecule has 0 radical (unpaired) electrons. The van der Waals surface area contributed by atoms with Gasteiger partial charge >= 0.3 is 6.18 Å². The van der Waals surface area contributed by atoms with E-state index >= 15 is 0 Å². The molecule has 0 unspecified atom stereocenters. The number of aromatic nitrogens is 2. The fourth-order valence-electron chi connectivity index (χ4n) is 3.80. The molecule has 0 atom stereocenters. The Morgan fingerprint density at radius 2 is 1.81 bits per heavy atom. The molecule has 0 saturated carbocycles. The molecule has 4 rings (SSSR count). The molecular formula is C23H23F3N4O2. The summed E-state index contributed by atoms with van der Waals surface area (Å²) in [5, 5.41) is 3.83. The lowest BCUT2D eigenvalue weighted by molar-refractivity contribution is -0.137. The van der Waals surface area contributed by atoms with Crippen LogP contribution in [0.2, 0.25) is 0 Å². The van der Waals surface area contributed by atoms with Crippen LogP contribution in [0.25, 0.3) is 11.4 Å². The van der Waals surface area contributed by atoms with E-state index in [9.17, 15) is 18.0 Å². The van der Waals surface area contributed by atoms with Crippen LogP contribution < -0.4 is 0 Å². The molecule has 1 amide bonds. The monoisotopic (exact) mass is 444 g/mol. The van der Waals surface area contributed by atoms with E-state index in [1.54, 1.807) is 0 Å². The van der Waals surface area contributed by atoms with Crippen molar-refractivity contribution in [3.8, 4) is 11.4 Å². The maximum Gasteiger partial charge on any atom is 0.416 e. The quantitative estimate of drug-likeness (QED) is 0.600. The Bertz CT molecular complexity index is 1120. The van der Waals surface area contributed by atoms with Crippen molar-refractivity contribution in [3.05, 3.63) is 70.6 Å². The first-order chi connectivity index (χ1) is 15.2. The predicted molar refractivity (Wildman–Crippen MR) is 112 cm³/mol. The second-order valence-electron chi connectivity index (χ2n) is 7.98. The lowest BCUT2D eigenvalue weighted by Crippen LogP contribution is -2.48. The molecule has 0 spiro atoms. The third-order valence-corrected chi connectivity index (χ3v) is 5.55. The van der Waals surface area contributed by atoms with Crippen molar-refractivity contribution in [2.24, 2.45) is 0 Å². The summed E-state index contributed by atoms with van der Waals surface area (Å²) in [5.41, 5.74) is 2.29. The second kappa shape index (κ2) is 8.74. The summed E-state index contributed by atoms with van der Waals surface area (Å²) in [6, 6.07) is 10.7. The van der Waals surface area contributed by atoms with E-state index in [0.717, 1.165) is 23.3 Å². The zero-order valence-electron chi connectivity index (χ0n) is 17.8. The van der Waals surface area contributed by atoms with Crippen LogP contribution in [-0.2, 0) is 12.7 Å². The third kappa shape index (κ3) is 4.83. The average molecular weight is 444 g/mol. The van der Waals surface area contributed by atoms with Crippen LogP contribution in [0.3, 0.4) is 0 Å². The summed E-state index contributed by atoms with van der Waals surface area (Å²) in [4.78, 5) is 21.0. The van der Waals surface area contributed by atoms with Gasteiger partial charge in [-0.3, -0.25) is 9.69 Å². The fraction of sp³-hybridized carbons (Fsp3) is 0.348. The molecule has 9 heteroatoms. The lowest BCUT2D eigenvalue weighted by Gasteiger charge is -2.34. The van der Waals surface area contributed by atoms with Gasteiger partial charge in [0, 0.05) is 37.3 Å². The number of piperazine rings is 1. The zero-order chi connectivity index (χ0) is 22.9. The number of carbonyl (C=O) groups is 1. The van der Waals surface area contributed by atoms with Crippen molar-refractivity contribution in [2.75, 3.05) is 26.2 Å². The van der Waals surface area contributed by atoms with Crippen molar-refractivity contribution in [1.82, 2.24) is 19.9 Å². The molecule has 0 aliphatic carbocycles. The molecule has 2 heterocycles. The molecule has 1 aromatic heterocycles. The lowest BCUT2D eigenvalue weighted by atomic mass is 10.0. The van der Waals surface area contributed by atoms with Gasteiger partial charge in [0.1, 0.15) is 0 Å². The molecule has 32 heavy (non-hydrogen) atoms. The third-order valence-electron chi connectivity index (χ3n) is 5.55. The first-order valence-corrected chi connectivity index (χ1v) is 10.3. The van der Waals surface area contributed by atoms with Crippen LogP contribution in [0.1, 0.15) is 32.9 Å². The summed E-state index contributed by atoms with van der Waals surface area (Å²) in [6.07, 6.45) is -4.43. The van der Waals surface area contributed by atoms with Crippen molar-refractivity contribution in [1.29, 1.82) is 0 Å². The van der Waals surface area contributed by atoms with Crippen LogP contribution in [0.4, 0.5) is 13.2 Å². The molecule has 0 N–H and O–H groups in total. The molecule has 1 fully saturated rings. The number of halogens is 3. The highest BCUT2D eigenvalue weighted by molar-refractivity contribution is 5.95. The largest absolute Gasteiger partial charge is 0.416 e. The van der Waals surface area contributed by atoms with E-state index in [4.69, 9.17) is 4.52 Å². The number of hydrogen-bond donors (Lipinski definition) is 0. The minimum atomic E-state index is -4.43. The van der Waals surface area contributed by atoms with Crippen molar-refractivity contribution < 1.29 is 22.5 Å². The molecular weight excluding hydrogens is 421 g/mol. The predicted octanol–water partition coefficient (Wildman–Crippen LogP) is 4.33. The number of benzene rings is 2. The number of alkyl halides is 3. The van der Waals surface area contributed by atoms with Gasteiger partial charge in [0.15, 0.2) is 0 Å². The van der Waals surface area contributed by atoms with Crippen molar-refractivity contribution in [2.45, 2.75) is 26.6 Å². The van der Waals surface area contributed by atoms with Gasteiger partial charge in [0.25, 0.3) is 5.91 Å². The first kappa shape index (κ1) is 22.0. The molecule has 0 bridgehead atoms. The Morgan fingerprint density at radius 1 is 1.06 bits per heavy atom. The first-order valence-electron chi connectivity index (χ1n) is 10.3. The number of nitrogens with zero attached hydrogens (tertiary/aromatic N) is 4. The Balaban J connectivity index is 1.36. The Morgan fingerprint density at radius 3 is 2.50 bits per heavy atom. The van der Waals surface area contributed by atoms with Gasteiger partial charge in [0.2, 0.25) is 11.7 Å². The number of carbonyl (C=O) groups excluding carboxylic acids is 1. The smallest absolute Gasteiger partial charge is 0.338 e. The molecule has 168 valence electrons. The van der Waals surface area contributed by atoms with Crippen molar-refractivity contribution in [3.63, 3.8) is 0 Å². The Hall–Kier alpha value is -3.20. The van der Waals surface area contributed by atoms with Crippen LogP contribution >= 0.6 is 0 Å². The Labute approximate surface area is 183 Å². The van der Waals surface area contributed by atoms with Gasteiger partial charge in [-0.05, 0) is 37.6 Å². The van der Waals surface area contributed by atoms with E-state index in [2.05, 4.69) is 15.0 Å². The van der Waals surface area contributed by atoms with Gasteiger partial charge < -0.3 is 9.42 Å². The van der Waals surface area contributed by atoms with Crippen LogP contribution in [0.15, 0.2) is 47.0 Å². The van der Waals surface area contributed by atoms with Gasteiger partial charge in [-0.15, -0.1) is 0 Å². The fourth-order valence-corrected chi connectivity index (χ4v) is 3.80. The summed E-state index contributed by atoms with van der Waals surface area (Å²) in [6.45, 7) is 6.72. The summed E-state index contributed by atoms with van der Waals surface area (Å²) < 4.78 is 44.1. The van der Waals surface area contributed by atoms with E-state index < -0.39 is 11.7 Å². The summed E-state index contributed by atoms with van der Waals surface area (Å²) >= 11 is 0. The molecule has 3 aromatic rings. The average Bonchev–Trinajstić information content (AvgIpc) is 3.22. The molecule has 1 saturated heterocycles. The summed E-state index contributed by atoms with van der Waals surface area (Å²) in [7, 11) is 0. The maximum atomic E-state index is 12.9. The maximum absolute atomic E-state index is 12.9. The standard InChI is InChI=1S/C23H23F3N4O2/c1-15-6-7-19(16(2)12-15)22(31)30-10-8-29(9-11-30)14-20-27-21(28-32-20)17-4-3-5-18(13-17)23(24,25)26/h3-7,12-13H,8-11,14H2,1-2H3. The van der Waals surface area contributed by atoms with Crippen LogP contribution in [-0.4, -0.2) is 52.0 Å². The van der Waals surface area contributed by atoms with Gasteiger partial charge in [-0.2, -0.15) is 18.2 Å². The highest BCUT2D eigenvalue weighted by Crippen LogP contribution is 2.31. The summed E-state index contributed by atoms with van der Waals surface area (Å²) in [5.74, 6) is 0.466. The number of rotatable bonds is 4. The molecule has 2 aromatic carbocycles. The van der Waals surface area contributed by atoms with Gasteiger partial charge in [-0.25, -0.2) is 0 Å². The van der Waals surface area contributed by atoms with Crippen molar-refractivity contribution >= 4 is 5.91 Å². The minimum Gasteiger partial charge on any atom is -0.338 e. The zero-order valence-corrected chi connectivity index (χ0v) is 17.8. The van der Waals surface area contributed by atoms with Gasteiger partial charge in [0.05, 0.1) is 12.1 Å². The normalized spacial score (nSPS) is 15.2. The highest BCUT2D eigenvalue weighted by atomic mass is 19.4. The highest BCUT2D eigenvalue weighted by Gasteiger charge is 2.31. The number of amides is 1.